The van der Waals surface area contributed by atoms with Crippen molar-refractivity contribution in [3.63, 3.8) is 0 Å². The number of hydrogen-bond acceptors (Lipinski definition) is 3. The van der Waals surface area contributed by atoms with Crippen LogP contribution in [-0.4, -0.2) is 32.3 Å². The molecule has 116 valence electrons. The second-order valence-electron chi connectivity index (χ2n) is 6.30. The van der Waals surface area contributed by atoms with Crippen LogP contribution in [0.5, 0.6) is 5.75 Å². The highest BCUT2D eigenvalue weighted by Gasteiger charge is 2.27. The van der Waals surface area contributed by atoms with Crippen molar-refractivity contribution in [3.05, 3.63) is 24.3 Å². The number of para-hydroxylation sites is 2. The van der Waals surface area contributed by atoms with Crippen LogP contribution in [0.3, 0.4) is 0 Å². The van der Waals surface area contributed by atoms with Gasteiger partial charge in [-0.1, -0.05) is 25.5 Å². The highest BCUT2D eigenvalue weighted by Crippen LogP contribution is 2.33. The maximum atomic E-state index is 5.86. The Bertz CT molecular complexity index is 449. The number of hydrogen-bond donors (Lipinski definition) is 1. The minimum Gasteiger partial charge on any atom is -0.491 e. The maximum Gasteiger partial charge on any atom is 0.142 e. The summed E-state index contributed by atoms with van der Waals surface area (Å²) < 4.78 is 5.86. The molecule has 2 atom stereocenters. The van der Waals surface area contributed by atoms with Gasteiger partial charge < -0.3 is 15.0 Å². The van der Waals surface area contributed by atoms with Crippen LogP contribution in [-0.2, 0) is 0 Å². The Labute approximate surface area is 128 Å². The zero-order chi connectivity index (χ0) is 14.5. The lowest BCUT2D eigenvalue weighted by Gasteiger charge is -2.27. The fourth-order valence-electron chi connectivity index (χ4n) is 3.87. The quantitative estimate of drug-likeness (QED) is 0.898. The SMILES string of the molecule is CCNC1CCCC1CCN1CCCOc2ccccc21. The van der Waals surface area contributed by atoms with E-state index in [0.29, 0.717) is 0 Å². The fraction of sp³-hybridized carbons (Fsp3) is 0.667. The molecule has 0 spiro atoms. The summed E-state index contributed by atoms with van der Waals surface area (Å²) in [7, 11) is 0. The highest BCUT2D eigenvalue weighted by atomic mass is 16.5. The zero-order valence-electron chi connectivity index (χ0n) is 13.2. The van der Waals surface area contributed by atoms with Crippen LogP contribution >= 0.6 is 0 Å². The number of fused-ring (bicyclic) bond motifs is 1. The van der Waals surface area contributed by atoms with Gasteiger partial charge in [0, 0.05) is 19.1 Å². The summed E-state index contributed by atoms with van der Waals surface area (Å²) in [6.07, 6.45) is 6.56. The first kappa shape index (κ1) is 14.7. The van der Waals surface area contributed by atoms with Crippen molar-refractivity contribution in [1.29, 1.82) is 0 Å². The third-order valence-corrected chi connectivity index (χ3v) is 4.93. The molecule has 1 heterocycles. The normalized spacial score (nSPS) is 25.3. The molecule has 3 nitrogen and oxygen atoms in total. The third-order valence-electron chi connectivity index (χ3n) is 4.93. The molecule has 1 fully saturated rings. The molecule has 3 heteroatoms. The average Bonchev–Trinajstić information content (AvgIpc) is 2.84. The van der Waals surface area contributed by atoms with Crippen molar-refractivity contribution in [2.75, 3.05) is 31.1 Å². The number of anilines is 1. The average molecular weight is 288 g/mol. The lowest BCUT2D eigenvalue weighted by Crippen LogP contribution is -2.35. The molecule has 0 aromatic heterocycles. The molecule has 0 saturated heterocycles. The van der Waals surface area contributed by atoms with E-state index in [4.69, 9.17) is 4.74 Å². The van der Waals surface area contributed by atoms with Gasteiger partial charge in [-0.15, -0.1) is 0 Å². The van der Waals surface area contributed by atoms with Gasteiger partial charge in [0.2, 0.25) is 0 Å². The molecule has 0 bridgehead atoms. The van der Waals surface area contributed by atoms with Crippen LogP contribution in [0.1, 0.15) is 39.0 Å². The zero-order valence-corrected chi connectivity index (χ0v) is 13.2. The van der Waals surface area contributed by atoms with Crippen LogP contribution < -0.4 is 15.0 Å². The number of benzene rings is 1. The van der Waals surface area contributed by atoms with Crippen LogP contribution in [0.4, 0.5) is 5.69 Å². The first-order valence-corrected chi connectivity index (χ1v) is 8.58. The van der Waals surface area contributed by atoms with Gasteiger partial charge in [0.05, 0.1) is 12.3 Å². The van der Waals surface area contributed by atoms with E-state index in [1.807, 2.05) is 0 Å². The lowest BCUT2D eigenvalue weighted by molar-refractivity contribution is 0.322. The molecule has 1 saturated carbocycles. The van der Waals surface area contributed by atoms with E-state index in [-0.39, 0.29) is 0 Å². The Morgan fingerprint density at radius 1 is 1.24 bits per heavy atom. The van der Waals surface area contributed by atoms with Crippen molar-refractivity contribution in [3.8, 4) is 5.75 Å². The smallest absolute Gasteiger partial charge is 0.142 e. The maximum absolute atomic E-state index is 5.86. The summed E-state index contributed by atoms with van der Waals surface area (Å²) in [5.41, 5.74) is 1.29. The van der Waals surface area contributed by atoms with Gasteiger partial charge >= 0.3 is 0 Å². The Morgan fingerprint density at radius 3 is 3.05 bits per heavy atom. The van der Waals surface area contributed by atoms with E-state index in [0.717, 1.165) is 50.4 Å². The van der Waals surface area contributed by atoms with Crippen LogP contribution in [0, 0.1) is 5.92 Å². The summed E-state index contributed by atoms with van der Waals surface area (Å²) in [4.78, 5) is 2.53. The predicted molar refractivity (Wildman–Crippen MR) is 88.2 cm³/mol. The van der Waals surface area contributed by atoms with Crippen molar-refractivity contribution < 1.29 is 4.74 Å². The third kappa shape index (κ3) is 3.52. The Balaban J connectivity index is 1.62. The number of rotatable bonds is 5. The van der Waals surface area contributed by atoms with E-state index < -0.39 is 0 Å². The van der Waals surface area contributed by atoms with E-state index in [2.05, 4.69) is 41.4 Å². The topological polar surface area (TPSA) is 24.5 Å². The fourth-order valence-corrected chi connectivity index (χ4v) is 3.87. The van der Waals surface area contributed by atoms with Gasteiger partial charge in [-0.05, 0) is 50.3 Å². The van der Waals surface area contributed by atoms with Crippen LogP contribution in [0.2, 0.25) is 0 Å². The summed E-state index contributed by atoms with van der Waals surface area (Å²) in [5, 5.41) is 3.67. The number of ether oxygens (including phenoxy) is 1. The standard InChI is InChI=1S/C18H28N2O/c1-2-19-16-8-5-7-15(16)11-13-20-12-6-14-21-18-10-4-3-9-17(18)20/h3-4,9-10,15-16,19H,2,5-8,11-14H2,1H3. The summed E-state index contributed by atoms with van der Waals surface area (Å²) in [6.45, 7) is 6.44. The van der Waals surface area contributed by atoms with E-state index in [9.17, 15) is 0 Å². The molecular formula is C18H28N2O. The lowest BCUT2D eigenvalue weighted by atomic mass is 9.99. The van der Waals surface area contributed by atoms with Crippen molar-refractivity contribution in [2.24, 2.45) is 5.92 Å². The molecule has 2 unspecified atom stereocenters. The van der Waals surface area contributed by atoms with Crippen LogP contribution in [0.25, 0.3) is 0 Å². The molecule has 21 heavy (non-hydrogen) atoms. The Morgan fingerprint density at radius 2 is 2.14 bits per heavy atom. The van der Waals surface area contributed by atoms with E-state index >= 15 is 0 Å². The highest BCUT2D eigenvalue weighted by molar-refractivity contribution is 5.58. The van der Waals surface area contributed by atoms with E-state index in [1.54, 1.807) is 0 Å². The van der Waals surface area contributed by atoms with Gasteiger partial charge in [0.1, 0.15) is 5.75 Å². The molecule has 2 aliphatic rings. The number of nitrogens with zero attached hydrogens (tertiary/aromatic N) is 1. The van der Waals surface area contributed by atoms with Crippen LogP contribution in [0.15, 0.2) is 24.3 Å². The minimum absolute atomic E-state index is 0.744. The molecule has 1 aromatic carbocycles. The molecule has 1 aromatic rings. The molecule has 0 radical (unpaired) electrons. The predicted octanol–water partition coefficient (Wildman–Crippen LogP) is 3.44. The second kappa shape index (κ2) is 7.17. The molecule has 1 aliphatic heterocycles. The van der Waals surface area contributed by atoms with Gasteiger partial charge in [-0.3, -0.25) is 0 Å². The minimum atomic E-state index is 0.744. The first-order valence-electron chi connectivity index (χ1n) is 8.58. The van der Waals surface area contributed by atoms with E-state index in [1.165, 1.54) is 31.4 Å². The van der Waals surface area contributed by atoms with Gasteiger partial charge in [0.25, 0.3) is 0 Å². The summed E-state index contributed by atoms with van der Waals surface area (Å²) >= 11 is 0. The van der Waals surface area contributed by atoms with Crippen molar-refractivity contribution in [1.82, 2.24) is 5.32 Å². The largest absolute Gasteiger partial charge is 0.491 e. The molecule has 1 aliphatic carbocycles. The monoisotopic (exact) mass is 288 g/mol. The van der Waals surface area contributed by atoms with Crippen molar-refractivity contribution >= 4 is 5.69 Å². The van der Waals surface area contributed by atoms with Gasteiger partial charge in [-0.25, -0.2) is 0 Å². The molecular weight excluding hydrogens is 260 g/mol. The molecule has 0 amide bonds. The van der Waals surface area contributed by atoms with Crippen molar-refractivity contribution in [2.45, 2.75) is 45.1 Å². The first-order chi connectivity index (χ1) is 10.4. The summed E-state index contributed by atoms with van der Waals surface area (Å²) in [5.74, 6) is 1.91. The Kier molecular flexibility index (Phi) is 5.02. The van der Waals surface area contributed by atoms with Gasteiger partial charge in [-0.2, -0.15) is 0 Å². The summed E-state index contributed by atoms with van der Waals surface area (Å²) in [6, 6.07) is 9.24. The molecule has 3 rings (SSSR count). The number of nitrogens with one attached hydrogen (secondary N) is 1. The Hall–Kier alpha value is -1.22. The van der Waals surface area contributed by atoms with Gasteiger partial charge in [0.15, 0.2) is 0 Å². The second-order valence-corrected chi connectivity index (χ2v) is 6.30. The molecule has 1 N–H and O–H groups in total.